The van der Waals surface area contributed by atoms with Gasteiger partial charge in [0, 0.05) is 0 Å². The number of benzene rings is 1. The van der Waals surface area contributed by atoms with E-state index in [9.17, 15) is 9.90 Å². The number of rotatable bonds is 11. The van der Waals surface area contributed by atoms with Crippen LogP contribution in [0, 0.1) is 0 Å². The van der Waals surface area contributed by atoms with E-state index in [-0.39, 0.29) is 62.7 Å². The summed E-state index contributed by atoms with van der Waals surface area (Å²) in [4.78, 5) is 11.1. The summed E-state index contributed by atoms with van der Waals surface area (Å²) in [6.45, 7) is 2.22. The second-order valence-corrected chi connectivity index (χ2v) is 5.67. The minimum absolute atomic E-state index is 0. The van der Waals surface area contributed by atoms with E-state index in [1.807, 2.05) is 0 Å². The maximum Gasteiger partial charge on any atom is 1.00 e. The topological polar surface area (TPSA) is 60.4 Å². The van der Waals surface area contributed by atoms with E-state index in [0.29, 0.717) is 12.0 Å². The monoisotopic (exact) mass is 330 g/mol. The molecule has 0 bridgehead atoms. The van der Waals surface area contributed by atoms with Crippen LogP contribution in [0.3, 0.4) is 0 Å². The van der Waals surface area contributed by atoms with Gasteiger partial charge in [0.25, 0.3) is 0 Å². The van der Waals surface area contributed by atoms with Crippen molar-refractivity contribution in [3.05, 3.63) is 29.3 Å². The van der Waals surface area contributed by atoms with Crippen molar-refractivity contribution < 1.29 is 66.4 Å². The molecule has 0 atom stereocenters. The Labute approximate surface area is 176 Å². The Balaban J connectivity index is 0.00000441. The van der Waals surface area contributed by atoms with Crippen molar-refractivity contribution in [1.82, 2.24) is 0 Å². The van der Waals surface area contributed by atoms with Crippen molar-refractivity contribution in [1.29, 1.82) is 0 Å². The third-order valence-electron chi connectivity index (χ3n) is 3.89. The molecule has 0 amide bonds. The first-order valence-electron chi connectivity index (χ1n) is 8.19. The van der Waals surface area contributed by atoms with Gasteiger partial charge in [-0.3, -0.25) is 0 Å². The van der Waals surface area contributed by atoms with E-state index in [0.717, 1.165) is 12.8 Å². The molecule has 0 saturated heterocycles. The van der Waals surface area contributed by atoms with E-state index in [1.54, 1.807) is 0 Å². The van der Waals surface area contributed by atoms with Crippen molar-refractivity contribution in [2.75, 3.05) is 0 Å². The van der Waals surface area contributed by atoms with Gasteiger partial charge in [0.05, 0.1) is 5.56 Å². The largest absolute Gasteiger partial charge is 1.00 e. The Bertz CT molecular complexity index is 432. The van der Waals surface area contributed by atoms with Gasteiger partial charge < -0.3 is 10.2 Å². The van der Waals surface area contributed by atoms with E-state index in [4.69, 9.17) is 5.11 Å². The van der Waals surface area contributed by atoms with E-state index >= 15 is 0 Å². The van der Waals surface area contributed by atoms with Gasteiger partial charge in [0.1, 0.15) is 0 Å². The van der Waals surface area contributed by atoms with Crippen LogP contribution in [0.1, 0.15) is 80.6 Å². The first kappa shape index (κ1) is 22.1. The molecule has 118 valence electrons. The smallest absolute Gasteiger partial charge is 0.872 e. The maximum absolute atomic E-state index is 11.7. The van der Waals surface area contributed by atoms with Crippen molar-refractivity contribution >= 4 is 5.97 Å². The molecule has 0 aliphatic heterocycles. The number of hydrogen-bond donors (Lipinski definition) is 1. The van der Waals surface area contributed by atoms with Crippen molar-refractivity contribution in [2.45, 2.75) is 71.1 Å². The Morgan fingerprint density at radius 1 is 1.00 bits per heavy atom. The second kappa shape index (κ2) is 13.6. The van der Waals surface area contributed by atoms with Gasteiger partial charge in [-0.25, -0.2) is 4.79 Å². The number of hydrogen-bond acceptors (Lipinski definition) is 2. The molecule has 22 heavy (non-hydrogen) atoms. The first-order valence-corrected chi connectivity index (χ1v) is 8.19. The predicted molar refractivity (Wildman–Crippen MR) is 83.8 cm³/mol. The molecule has 0 aliphatic rings. The average molecular weight is 331 g/mol. The standard InChI is InChI=1S/C18H28O3.K/c1-2-3-4-5-6-7-8-9-10-12-15-16(18(20)21)13-11-14-17(15)19;/h11,13-14,19H,2-10,12H2,1H3,(H,20,21);/q;+1/p-1. The summed E-state index contributed by atoms with van der Waals surface area (Å²) >= 11 is 0. The van der Waals surface area contributed by atoms with Gasteiger partial charge in [-0.05, 0) is 24.5 Å². The van der Waals surface area contributed by atoms with Gasteiger partial charge in [-0.2, -0.15) is 0 Å². The molecular weight excluding hydrogens is 303 g/mol. The van der Waals surface area contributed by atoms with Crippen LogP contribution in [-0.2, 0) is 6.42 Å². The van der Waals surface area contributed by atoms with Gasteiger partial charge in [0.2, 0.25) is 0 Å². The molecule has 0 saturated carbocycles. The Morgan fingerprint density at radius 2 is 1.55 bits per heavy atom. The van der Waals surface area contributed by atoms with Crippen LogP contribution in [0.5, 0.6) is 5.75 Å². The third-order valence-corrected chi connectivity index (χ3v) is 3.89. The zero-order valence-corrected chi connectivity index (χ0v) is 17.2. The van der Waals surface area contributed by atoms with Crippen LogP contribution in [0.25, 0.3) is 0 Å². The molecule has 0 aliphatic carbocycles. The number of carbonyl (C=O) groups is 1. The summed E-state index contributed by atoms with van der Waals surface area (Å²) in [5.41, 5.74) is 0.634. The van der Waals surface area contributed by atoms with Crippen molar-refractivity contribution in [3.63, 3.8) is 0 Å². The first-order chi connectivity index (χ1) is 10.2. The Morgan fingerprint density at radius 3 is 2.09 bits per heavy atom. The second-order valence-electron chi connectivity index (χ2n) is 5.67. The third kappa shape index (κ3) is 8.68. The Kier molecular flexibility index (Phi) is 13.6. The molecule has 0 heterocycles. The molecule has 4 heteroatoms. The van der Waals surface area contributed by atoms with E-state index in [1.165, 1.54) is 63.1 Å². The summed E-state index contributed by atoms with van der Waals surface area (Å²) < 4.78 is 0. The van der Waals surface area contributed by atoms with Crippen molar-refractivity contribution in [3.8, 4) is 5.75 Å². The van der Waals surface area contributed by atoms with E-state index in [2.05, 4.69) is 6.92 Å². The average Bonchev–Trinajstić information content (AvgIpc) is 2.46. The van der Waals surface area contributed by atoms with Crippen LogP contribution in [-0.4, -0.2) is 11.1 Å². The molecule has 0 radical (unpaired) electrons. The summed E-state index contributed by atoms with van der Waals surface area (Å²) in [5.74, 6) is -1.15. The zero-order valence-electron chi connectivity index (χ0n) is 14.1. The normalized spacial score (nSPS) is 10.2. The molecule has 1 rings (SSSR count). The molecule has 0 spiro atoms. The molecule has 0 aromatic heterocycles. The minimum Gasteiger partial charge on any atom is -0.872 e. The number of carboxylic acid groups (broad SMARTS) is 1. The van der Waals surface area contributed by atoms with Gasteiger partial charge in [-0.1, -0.05) is 70.4 Å². The fraction of sp³-hybridized carbons (Fsp3) is 0.611. The number of aromatic carboxylic acids is 1. The van der Waals surface area contributed by atoms with Crippen LogP contribution >= 0.6 is 0 Å². The van der Waals surface area contributed by atoms with Gasteiger partial charge in [-0.15, -0.1) is 5.75 Å². The fourth-order valence-corrected chi connectivity index (χ4v) is 2.64. The molecule has 3 nitrogen and oxygen atoms in total. The van der Waals surface area contributed by atoms with Crippen LogP contribution < -0.4 is 56.5 Å². The molecule has 1 aromatic rings. The van der Waals surface area contributed by atoms with Crippen LogP contribution in [0.2, 0.25) is 0 Å². The summed E-state index contributed by atoms with van der Waals surface area (Å²) in [6, 6.07) is 4.49. The molecule has 0 unspecified atom stereocenters. The van der Waals surface area contributed by atoms with Gasteiger partial charge >= 0.3 is 57.4 Å². The van der Waals surface area contributed by atoms with Gasteiger partial charge in [0.15, 0.2) is 0 Å². The summed E-state index contributed by atoms with van der Waals surface area (Å²) in [6.07, 6.45) is 11.5. The maximum atomic E-state index is 11.7. The Hall–Kier alpha value is 0.126. The summed E-state index contributed by atoms with van der Waals surface area (Å²) in [7, 11) is 0. The van der Waals surface area contributed by atoms with Crippen LogP contribution in [0.4, 0.5) is 0 Å². The van der Waals surface area contributed by atoms with Crippen molar-refractivity contribution in [2.24, 2.45) is 0 Å². The molecule has 0 fully saturated rings. The molecule has 1 aromatic carbocycles. The summed E-state index contributed by atoms with van der Waals surface area (Å²) in [5, 5.41) is 20.8. The minimum atomic E-state index is -1.00. The molecular formula is C18H27KO3. The van der Waals surface area contributed by atoms with E-state index < -0.39 is 5.97 Å². The SMILES string of the molecule is CCCCCCCCCCCc1c([O-])cccc1C(=O)O.[K+]. The number of carboxylic acids is 1. The molecule has 1 N–H and O–H groups in total. The van der Waals surface area contributed by atoms with Crippen LogP contribution in [0.15, 0.2) is 18.2 Å². The number of unbranched alkanes of at least 4 members (excludes halogenated alkanes) is 8. The fourth-order valence-electron chi connectivity index (χ4n) is 2.64. The predicted octanol–water partition coefficient (Wildman–Crippen LogP) is 1.54. The zero-order chi connectivity index (χ0) is 15.5. The quantitative estimate of drug-likeness (QED) is 0.494.